The Morgan fingerprint density at radius 2 is 1.86 bits per heavy atom. The third kappa shape index (κ3) is 2.10. The third-order valence-electron chi connectivity index (χ3n) is 6.22. The Morgan fingerprint density at radius 1 is 1.14 bits per heavy atom. The van der Waals surface area contributed by atoms with E-state index in [1.807, 2.05) is 0 Å². The fourth-order valence-electron chi connectivity index (χ4n) is 4.84. The molecule has 0 saturated heterocycles. The third-order valence-corrected chi connectivity index (χ3v) is 6.22. The number of nitrogens with two attached hydrogens (primary N) is 2. The van der Waals surface area contributed by atoms with Crippen LogP contribution in [0.5, 0.6) is 0 Å². The van der Waals surface area contributed by atoms with Gasteiger partial charge in [0, 0.05) is 31.4 Å². The summed E-state index contributed by atoms with van der Waals surface area (Å²) in [5.41, 5.74) is 17.1. The predicted octanol–water partition coefficient (Wildman–Crippen LogP) is 2.54. The molecule has 2 saturated carbocycles. The lowest BCUT2D eigenvalue weighted by atomic mass is 9.46. The Balaban J connectivity index is 1.51. The Hall–Kier alpha value is -1.32. The van der Waals surface area contributed by atoms with Crippen molar-refractivity contribution in [1.82, 2.24) is 0 Å². The predicted molar refractivity (Wildman–Crippen MR) is 92.8 cm³/mol. The standard InChI is InChI=1S/C19H27N3/c1-22(2)17-4-3-14-8-19(21,6-5-13(14)7-17)15-9-18(10-15)11-16(20)12-18/h3-7,15-16H,8-12,20-21H2,1-2H3. The first-order chi connectivity index (χ1) is 10.4. The second-order valence-corrected chi connectivity index (χ2v) is 8.17. The van der Waals surface area contributed by atoms with Crippen LogP contribution in [0.15, 0.2) is 24.3 Å². The number of rotatable bonds is 2. The molecule has 0 aliphatic heterocycles. The maximum atomic E-state index is 6.78. The van der Waals surface area contributed by atoms with Gasteiger partial charge in [0.15, 0.2) is 0 Å². The summed E-state index contributed by atoms with van der Waals surface area (Å²) in [7, 11) is 4.16. The lowest BCUT2D eigenvalue weighted by Crippen LogP contribution is -2.61. The quantitative estimate of drug-likeness (QED) is 0.882. The van der Waals surface area contributed by atoms with Crippen molar-refractivity contribution in [3.63, 3.8) is 0 Å². The minimum Gasteiger partial charge on any atom is -0.378 e. The van der Waals surface area contributed by atoms with Gasteiger partial charge in [-0.3, -0.25) is 0 Å². The number of fused-ring (bicyclic) bond motifs is 1. The molecule has 0 heterocycles. The van der Waals surface area contributed by atoms with Gasteiger partial charge in [0.2, 0.25) is 0 Å². The van der Waals surface area contributed by atoms with Gasteiger partial charge in [-0.1, -0.05) is 18.2 Å². The molecular weight excluding hydrogens is 270 g/mol. The van der Waals surface area contributed by atoms with Crippen LogP contribution < -0.4 is 16.4 Å². The molecule has 1 unspecified atom stereocenters. The van der Waals surface area contributed by atoms with E-state index in [4.69, 9.17) is 11.5 Å². The fraction of sp³-hybridized carbons (Fsp3) is 0.579. The van der Waals surface area contributed by atoms with Gasteiger partial charge in [-0.05, 0) is 66.7 Å². The van der Waals surface area contributed by atoms with E-state index in [1.165, 1.54) is 42.5 Å². The average Bonchev–Trinajstić information content (AvgIpc) is 2.40. The number of hydrogen-bond donors (Lipinski definition) is 2. The van der Waals surface area contributed by atoms with Gasteiger partial charge in [0.05, 0.1) is 0 Å². The molecule has 0 aromatic heterocycles. The molecule has 4 N–H and O–H groups in total. The van der Waals surface area contributed by atoms with Gasteiger partial charge in [-0.2, -0.15) is 0 Å². The minimum atomic E-state index is -0.155. The first-order valence-electron chi connectivity index (χ1n) is 8.43. The van der Waals surface area contributed by atoms with Crippen LogP contribution in [0.25, 0.3) is 6.08 Å². The molecule has 1 spiro atoms. The molecule has 4 rings (SSSR count). The normalized spacial score (nSPS) is 39.1. The van der Waals surface area contributed by atoms with Crippen molar-refractivity contribution >= 4 is 11.8 Å². The van der Waals surface area contributed by atoms with Crippen LogP contribution in [0.2, 0.25) is 0 Å². The largest absolute Gasteiger partial charge is 0.378 e. The summed E-state index contributed by atoms with van der Waals surface area (Å²) in [4.78, 5) is 2.15. The molecule has 1 aromatic carbocycles. The molecule has 0 amide bonds. The summed E-state index contributed by atoms with van der Waals surface area (Å²) in [5, 5.41) is 0. The second kappa shape index (κ2) is 4.59. The number of nitrogens with zero attached hydrogens (tertiary/aromatic N) is 1. The van der Waals surface area contributed by atoms with E-state index in [2.05, 4.69) is 49.3 Å². The Kier molecular flexibility index (Phi) is 2.98. The van der Waals surface area contributed by atoms with Gasteiger partial charge < -0.3 is 16.4 Å². The molecule has 3 heteroatoms. The van der Waals surface area contributed by atoms with Crippen molar-refractivity contribution in [2.75, 3.05) is 19.0 Å². The molecule has 0 radical (unpaired) electrons. The van der Waals surface area contributed by atoms with Crippen LogP contribution >= 0.6 is 0 Å². The summed E-state index contributed by atoms with van der Waals surface area (Å²) < 4.78 is 0. The van der Waals surface area contributed by atoms with Gasteiger partial charge in [-0.15, -0.1) is 0 Å². The van der Waals surface area contributed by atoms with Gasteiger partial charge in [-0.25, -0.2) is 0 Å². The summed E-state index contributed by atoms with van der Waals surface area (Å²) in [6, 6.07) is 7.16. The maximum Gasteiger partial charge on any atom is 0.0412 e. The van der Waals surface area contributed by atoms with E-state index in [0.717, 1.165) is 6.42 Å². The van der Waals surface area contributed by atoms with Crippen LogP contribution in [0.4, 0.5) is 5.69 Å². The summed E-state index contributed by atoms with van der Waals surface area (Å²) in [5.74, 6) is 0.623. The molecule has 2 fully saturated rings. The Morgan fingerprint density at radius 3 is 2.50 bits per heavy atom. The second-order valence-electron chi connectivity index (χ2n) is 8.17. The Labute approximate surface area is 133 Å². The van der Waals surface area contributed by atoms with Gasteiger partial charge in [0.1, 0.15) is 0 Å². The molecule has 3 aliphatic rings. The fourth-order valence-corrected chi connectivity index (χ4v) is 4.84. The van der Waals surface area contributed by atoms with E-state index >= 15 is 0 Å². The minimum absolute atomic E-state index is 0.155. The van der Waals surface area contributed by atoms with Crippen molar-refractivity contribution in [3.8, 4) is 0 Å². The van der Waals surface area contributed by atoms with Crippen molar-refractivity contribution in [2.45, 2.75) is 43.7 Å². The zero-order valence-electron chi connectivity index (χ0n) is 13.7. The van der Waals surface area contributed by atoms with Crippen LogP contribution in [0, 0.1) is 11.3 Å². The van der Waals surface area contributed by atoms with E-state index in [9.17, 15) is 0 Å². The van der Waals surface area contributed by atoms with Crippen LogP contribution in [-0.4, -0.2) is 25.7 Å². The van der Waals surface area contributed by atoms with Crippen LogP contribution in [0.3, 0.4) is 0 Å². The van der Waals surface area contributed by atoms with Crippen molar-refractivity contribution in [2.24, 2.45) is 22.8 Å². The van der Waals surface area contributed by atoms with E-state index in [-0.39, 0.29) is 5.54 Å². The SMILES string of the molecule is CN(C)c1ccc2c(c1)C=CC(N)(C1CC3(CC(N)C3)C1)C2. The average molecular weight is 297 g/mol. The highest BCUT2D eigenvalue weighted by Crippen LogP contribution is 2.61. The van der Waals surface area contributed by atoms with E-state index < -0.39 is 0 Å². The highest BCUT2D eigenvalue weighted by atomic mass is 15.1. The van der Waals surface area contributed by atoms with Gasteiger partial charge >= 0.3 is 0 Å². The topological polar surface area (TPSA) is 55.3 Å². The molecular formula is C19H27N3. The van der Waals surface area contributed by atoms with Crippen molar-refractivity contribution in [3.05, 3.63) is 35.4 Å². The van der Waals surface area contributed by atoms with Crippen LogP contribution in [0.1, 0.15) is 36.8 Å². The zero-order valence-corrected chi connectivity index (χ0v) is 13.7. The van der Waals surface area contributed by atoms with E-state index in [1.54, 1.807) is 0 Å². The summed E-state index contributed by atoms with van der Waals surface area (Å²) >= 11 is 0. The van der Waals surface area contributed by atoms with Gasteiger partial charge in [0.25, 0.3) is 0 Å². The highest BCUT2D eigenvalue weighted by Gasteiger charge is 2.56. The Bertz CT molecular complexity index is 620. The first-order valence-corrected chi connectivity index (χ1v) is 8.43. The summed E-state index contributed by atoms with van der Waals surface area (Å²) in [6.07, 6.45) is 10.4. The first kappa shape index (κ1) is 14.3. The van der Waals surface area contributed by atoms with Crippen LogP contribution in [-0.2, 0) is 6.42 Å². The van der Waals surface area contributed by atoms with Crippen molar-refractivity contribution in [1.29, 1.82) is 0 Å². The summed E-state index contributed by atoms with van der Waals surface area (Å²) in [6.45, 7) is 0. The zero-order chi connectivity index (χ0) is 15.5. The lowest BCUT2D eigenvalue weighted by Gasteiger charge is -2.61. The number of hydrogen-bond acceptors (Lipinski definition) is 3. The van der Waals surface area contributed by atoms with Crippen molar-refractivity contribution < 1.29 is 0 Å². The number of anilines is 1. The molecule has 22 heavy (non-hydrogen) atoms. The molecule has 118 valence electrons. The smallest absolute Gasteiger partial charge is 0.0412 e. The highest BCUT2D eigenvalue weighted by molar-refractivity contribution is 5.65. The molecule has 3 aliphatic carbocycles. The molecule has 1 atom stereocenters. The molecule has 0 bridgehead atoms. The maximum absolute atomic E-state index is 6.78. The monoisotopic (exact) mass is 297 g/mol. The van der Waals surface area contributed by atoms with E-state index in [0.29, 0.717) is 17.4 Å². The number of benzene rings is 1. The molecule has 1 aromatic rings. The lowest BCUT2D eigenvalue weighted by molar-refractivity contribution is -0.0609. The molecule has 3 nitrogen and oxygen atoms in total.